The minimum atomic E-state index is -2.07. The number of non-ortho nitro benzene ring substituents is 1. The van der Waals surface area contributed by atoms with Crippen molar-refractivity contribution in [2.45, 2.75) is 127 Å². The van der Waals surface area contributed by atoms with Gasteiger partial charge >= 0.3 is 35.8 Å². The van der Waals surface area contributed by atoms with Gasteiger partial charge in [-0.25, -0.2) is 14.4 Å². The van der Waals surface area contributed by atoms with E-state index in [1.807, 2.05) is 0 Å². The van der Waals surface area contributed by atoms with Gasteiger partial charge in [0.05, 0.1) is 34.3 Å². The molecule has 3 saturated heterocycles. The Bertz CT molecular complexity index is 2730. The lowest BCUT2D eigenvalue weighted by Crippen LogP contribution is -2.70. The fourth-order valence-corrected chi connectivity index (χ4v) is 8.74. The van der Waals surface area contributed by atoms with E-state index >= 15 is 0 Å². The third-order valence-electron chi connectivity index (χ3n) is 12.2. The first-order chi connectivity index (χ1) is 37.3. The maximum Gasteiger partial charge on any atom is 0.338 e. The molecule has 1 amide bonds. The average molecular weight is 1090 g/mol. The molecule has 4 aromatic rings. The number of nitrogens with one attached hydrogen (secondary N) is 1. The number of hydrogen-bond donors (Lipinski definition) is 3. The van der Waals surface area contributed by atoms with Crippen molar-refractivity contribution in [3.05, 3.63) is 142 Å². The summed E-state index contributed by atoms with van der Waals surface area (Å²) in [6.45, 7) is 3.97. The Morgan fingerprint density at radius 2 is 1.01 bits per heavy atom. The van der Waals surface area contributed by atoms with Crippen molar-refractivity contribution < 1.29 is 106 Å². The van der Waals surface area contributed by atoms with Gasteiger partial charge in [0.2, 0.25) is 12.2 Å². The third kappa shape index (κ3) is 14.6. The summed E-state index contributed by atoms with van der Waals surface area (Å²) >= 11 is 0. The van der Waals surface area contributed by atoms with Crippen LogP contribution in [0.3, 0.4) is 0 Å². The number of carbonyl (C=O) groups is 7. The lowest BCUT2D eigenvalue weighted by atomic mass is 9.94. The topological polar surface area (TPSA) is 326 Å². The molecule has 0 bridgehead atoms. The number of nitrogens with zero attached hydrogens (tertiary/aromatic N) is 1. The highest BCUT2D eigenvalue weighted by Gasteiger charge is 2.59. The number of amides is 1. The molecule has 0 spiro atoms. The second-order valence-corrected chi connectivity index (χ2v) is 17.9. The molecule has 3 N–H and O–H groups in total. The molecule has 0 unspecified atom stereocenters. The van der Waals surface area contributed by atoms with E-state index < -0.39 is 152 Å². The third-order valence-corrected chi connectivity index (χ3v) is 12.2. The quantitative estimate of drug-likeness (QED) is 0.0526. The van der Waals surface area contributed by atoms with Gasteiger partial charge in [-0.15, -0.1) is 0 Å². The van der Waals surface area contributed by atoms with Crippen LogP contribution in [0.25, 0.3) is 0 Å². The van der Waals surface area contributed by atoms with E-state index in [1.54, 1.807) is 42.5 Å². The summed E-state index contributed by atoms with van der Waals surface area (Å²) in [6, 6.07) is 26.0. The van der Waals surface area contributed by atoms with E-state index in [9.17, 15) is 53.9 Å². The van der Waals surface area contributed by atoms with Crippen molar-refractivity contribution in [3.63, 3.8) is 0 Å². The zero-order chi connectivity index (χ0) is 56.2. The standard InChI is InChI=1S/C53H56N2O23/c1-27-41(74-48(62)32-15-9-6-10-16-32)44(75-49(63)33-17-11-7-12-18-33)46(76-50(64)34-19-13-8-14-20-34)52(68-27)78-47-45(70-31(5)60)42(69-30(4)59)38(26-67-29(3)58)73-53(47)77-43-39(54-28(2)57)51(72-37(25-56)40(43)61)71-36-23-21-35(22-24-36)55(65)66/h6-24,27,37-47,51-53,56,61H,25-26H2,1-5H3,(H,54,57)/t27-,37+,38+,39+,40+,41+,42-,43+,44+,45-,46-,47+,51+,52-,53-/m0/s1. The number of ether oxygens (including phenoxy) is 12. The van der Waals surface area contributed by atoms with Gasteiger partial charge < -0.3 is 72.4 Å². The number of esters is 6. The molecular formula is C53H56N2O23. The van der Waals surface area contributed by atoms with Crippen molar-refractivity contribution in [1.29, 1.82) is 0 Å². The predicted molar refractivity (Wildman–Crippen MR) is 261 cm³/mol. The fraction of sp³-hybridized carbons (Fsp3) is 0.415. The maximum atomic E-state index is 14.3. The molecule has 0 aromatic heterocycles. The van der Waals surface area contributed by atoms with Crippen LogP contribution in [0.1, 0.15) is 65.7 Å². The summed E-state index contributed by atoms with van der Waals surface area (Å²) in [5.74, 6) is -6.55. The molecule has 3 heterocycles. The SMILES string of the molecule is CC(=O)N[C@H]1[C@H](Oc2ccc([N+](=O)[O-])cc2)O[C@H](CO)[C@@H](O)[C@@H]1O[C@@H]1O[C@H](COC(C)=O)[C@H](OC(C)=O)[C@H](OC(C)=O)[C@H]1O[C@@H]1O[C@@H](C)[C@@H](OC(=O)c2ccccc2)[C@@H](OC(=O)c2ccccc2)[C@@H]1OC(=O)c1ccccc1. The van der Waals surface area contributed by atoms with E-state index in [-0.39, 0.29) is 28.1 Å². The molecule has 4 aromatic carbocycles. The first-order valence-corrected chi connectivity index (χ1v) is 24.3. The largest absolute Gasteiger partial charge is 0.463 e. The van der Waals surface area contributed by atoms with Gasteiger partial charge in [0.15, 0.2) is 49.2 Å². The first-order valence-electron chi connectivity index (χ1n) is 24.3. The minimum Gasteiger partial charge on any atom is -0.463 e. The summed E-state index contributed by atoms with van der Waals surface area (Å²) in [6.07, 6.45) is -25.0. The molecule has 416 valence electrons. The Morgan fingerprint density at radius 1 is 0.551 bits per heavy atom. The number of aliphatic hydroxyl groups excluding tert-OH is 2. The highest BCUT2D eigenvalue weighted by molar-refractivity contribution is 5.91. The monoisotopic (exact) mass is 1090 g/mol. The molecule has 25 heteroatoms. The Labute approximate surface area is 444 Å². The van der Waals surface area contributed by atoms with E-state index in [0.717, 1.165) is 39.8 Å². The van der Waals surface area contributed by atoms with E-state index in [0.29, 0.717) is 0 Å². The molecule has 0 aliphatic carbocycles. The van der Waals surface area contributed by atoms with Gasteiger partial charge in [-0.3, -0.25) is 29.3 Å². The summed E-state index contributed by atoms with van der Waals surface area (Å²) in [5, 5.41) is 36.5. The highest BCUT2D eigenvalue weighted by Crippen LogP contribution is 2.38. The van der Waals surface area contributed by atoms with E-state index in [4.69, 9.17) is 56.8 Å². The summed E-state index contributed by atoms with van der Waals surface area (Å²) in [7, 11) is 0. The Kier molecular flexibility index (Phi) is 19.6. The zero-order valence-electron chi connectivity index (χ0n) is 42.5. The van der Waals surface area contributed by atoms with Gasteiger partial charge in [0.1, 0.15) is 42.8 Å². The Morgan fingerprint density at radius 3 is 1.50 bits per heavy atom. The van der Waals surface area contributed by atoms with Crippen molar-refractivity contribution in [2.24, 2.45) is 0 Å². The average Bonchev–Trinajstić information content (AvgIpc) is 3.47. The number of carbonyl (C=O) groups excluding carboxylic acids is 7. The van der Waals surface area contributed by atoms with Crippen molar-refractivity contribution in [3.8, 4) is 5.75 Å². The van der Waals surface area contributed by atoms with Gasteiger partial charge in [-0.05, 0) is 55.5 Å². The number of rotatable bonds is 19. The van der Waals surface area contributed by atoms with Crippen molar-refractivity contribution >= 4 is 47.4 Å². The van der Waals surface area contributed by atoms with Crippen molar-refractivity contribution in [1.82, 2.24) is 5.32 Å². The lowest BCUT2D eigenvalue weighted by Gasteiger charge is -2.50. The summed E-state index contributed by atoms with van der Waals surface area (Å²) in [4.78, 5) is 105. The molecule has 78 heavy (non-hydrogen) atoms. The zero-order valence-corrected chi connectivity index (χ0v) is 42.5. The van der Waals surface area contributed by atoms with Crippen LogP contribution >= 0.6 is 0 Å². The molecule has 3 fully saturated rings. The van der Waals surface area contributed by atoms with Gasteiger partial charge in [-0.1, -0.05) is 54.6 Å². The number of nitro benzene ring substituents is 1. The van der Waals surface area contributed by atoms with Crippen LogP contribution in [0.4, 0.5) is 5.69 Å². The first kappa shape index (κ1) is 57.8. The van der Waals surface area contributed by atoms with Gasteiger partial charge in [0.25, 0.3) is 5.69 Å². The van der Waals surface area contributed by atoms with Gasteiger partial charge in [0, 0.05) is 39.8 Å². The number of aliphatic hydroxyl groups is 2. The maximum absolute atomic E-state index is 14.3. The summed E-state index contributed by atoms with van der Waals surface area (Å²) < 4.78 is 73.3. The molecule has 25 nitrogen and oxygen atoms in total. The van der Waals surface area contributed by atoms with Crippen LogP contribution in [-0.4, -0.2) is 162 Å². The molecular weight excluding hydrogens is 1030 g/mol. The number of benzene rings is 4. The van der Waals surface area contributed by atoms with E-state index in [2.05, 4.69) is 5.32 Å². The van der Waals surface area contributed by atoms with Crippen LogP contribution in [0.5, 0.6) is 5.75 Å². The molecule has 7 rings (SSSR count). The molecule has 15 atom stereocenters. The molecule has 3 aliphatic heterocycles. The van der Waals surface area contributed by atoms with Crippen LogP contribution < -0.4 is 10.1 Å². The van der Waals surface area contributed by atoms with Crippen molar-refractivity contribution in [2.75, 3.05) is 13.2 Å². The lowest BCUT2D eigenvalue weighted by molar-refractivity contribution is -0.384. The predicted octanol–water partition coefficient (Wildman–Crippen LogP) is 2.90. The Hall–Kier alpha value is -7.91. The smallest absolute Gasteiger partial charge is 0.338 e. The minimum absolute atomic E-state index is 0.0169. The fourth-order valence-electron chi connectivity index (χ4n) is 8.74. The van der Waals surface area contributed by atoms with Crippen LogP contribution in [-0.2, 0) is 71.3 Å². The number of nitro groups is 1. The van der Waals surface area contributed by atoms with Crippen LogP contribution in [0.15, 0.2) is 115 Å². The molecule has 3 aliphatic rings. The second kappa shape index (κ2) is 26.4. The van der Waals surface area contributed by atoms with Crippen LogP contribution in [0, 0.1) is 10.1 Å². The Balaban J connectivity index is 1.36. The summed E-state index contributed by atoms with van der Waals surface area (Å²) in [5.41, 5.74) is -0.228. The van der Waals surface area contributed by atoms with E-state index in [1.165, 1.54) is 67.6 Å². The van der Waals surface area contributed by atoms with Crippen LogP contribution in [0.2, 0.25) is 0 Å². The number of hydrogen-bond acceptors (Lipinski definition) is 23. The molecule has 0 saturated carbocycles. The normalized spacial score (nSPS) is 28.6. The van der Waals surface area contributed by atoms with Gasteiger partial charge in [-0.2, -0.15) is 0 Å². The molecule has 0 radical (unpaired) electrons. The second-order valence-electron chi connectivity index (χ2n) is 17.9. The highest BCUT2D eigenvalue weighted by atomic mass is 16.8.